The Morgan fingerprint density at radius 1 is 1.23 bits per heavy atom. The van der Waals surface area contributed by atoms with E-state index < -0.39 is 5.54 Å². The van der Waals surface area contributed by atoms with E-state index >= 15 is 0 Å². The maximum absolute atomic E-state index is 11.6. The molecule has 3 nitrogen and oxygen atoms in total. The lowest BCUT2D eigenvalue weighted by atomic mass is 9.70. The third-order valence-electron chi connectivity index (χ3n) is 3.83. The second kappa shape index (κ2) is 2.71. The van der Waals surface area contributed by atoms with E-state index in [1.807, 2.05) is 0 Å². The van der Waals surface area contributed by atoms with E-state index in [1.54, 1.807) is 0 Å². The summed E-state index contributed by atoms with van der Waals surface area (Å²) in [5.41, 5.74) is 5.62. The standard InChI is InChI=1S/C10H17NO2/c1-13-8(12)10(11)5-3-2-4-9(10)6-7-9/h2-7,11H2,1H3. The zero-order chi connectivity index (χ0) is 9.53. The highest BCUT2D eigenvalue weighted by atomic mass is 16.5. The lowest BCUT2D eigenvalue weighted by Crippen LogP contribution is -2.57. The molecule has 0 amide bonds. The number of ether oxygens (including phenoxy) is 1. The molecule has 0 aromatic rings. The Labute approximate surface area is 78.6 Å². The van der Waals surface area contributed by atoms with Crippen molar-refractivity contribution < 1.29 is 9.53 Å². The van der Waals surface area contributed by atoms with Gasteiger partial charge in [0, 0.05) is 0 Å². The molecular formula is C10H17NO2. The van der Waals surface area contributed by atoms with E-state index in [0.29, 0.717) is 0 Å². The second-order valence-corrected chi connectivity index (χ2v) is 4.45. The molecule has 2 saturated carbocycles. The molecule has 0 aromatic heterocycles. The van der Waals surface area contributed by atoms with Crippen LogP contribution in [-0.4, -0.2) is 18.6 Å². The first-order chi connectivity index (χ1) is 6.15. The van der Waals surface area contributed by atoms with Gasteiger partial charge in [-0.3, -0.25) is 4.79 Å². The minimum Gasteiger partial charge on any atom is -0.468 e. The summed E-state index contributed by atoms with van der Waals surface area (Å²) in [4.78, 5) is 11.6. The molecule has 13 heavy (non-hydrogen) atoms. The summed E-state index contributed by atoms with van der Waals surface area (Å²) in [6.07, 6.45) is 6.42. The van der Waals surface area contributed by atoms with E-state index in [1.165, 1.54) is 13.5 Å². The number of esters is 1. The molecule has 2 rings (SSSR count). The van der Waals surface area contributed by atoms with Crippen LogP contribution < -0.4 is 5.73 Å². The van der Waals surface area contributed by atoms with Crippen molar-refractivity contribution >= 4 is 5.97 Å². The highest BCUT2D eigenvalue weighted by Gasteiger charge is 2.62. The first-order valence-electron chi connectivity index (χ1n) is 5.02. The molecule has 0 saturated heterocycles. The quantitative estimate of drug-likeness (QED) is 0.622. The Balaban J connectivity index is 2.22. The lowest BCUT2D eigenvalue weighted by Gasteiger charge is -2.39. The maximum atomic E-state index is 11.6. The van der Waals surface area contributed by atoms with Crippen LogP contribution in [0, 0.1) is 5.41 Å². The SMILES string of the molecule is COC(=O)C1(N)CCCCC12CC2. The van der Waals surface area contributed by atoms with Gasteiger partial charge in [-0.15, -0.1) is 0 Å². The maximum Gasteiger partial charge on any atom is 0.326 e. The Morgan fingerprint density at radius 2 is 1.85 bits per heavy atom. The predicted octanol–water partition coefficient (Wildman–Crippen LogP) is 1.21. The number of hydrogen-bond donors (Lipinski definition) is 1. The number of hydrogen-bond acceptors (Lipinski definition) is 3. The largest absolute Gasteiger partial charge is 0.468 e. The van der Waals surface area contributed by atoms with Gasteiger partial charge in [0.2, 0.25) is 0 Å². The van der Waals surface area contributed by atoms with Crippen LogP contribution in [0.1, 0.15) is 38.5 Å². The van der Waals surface area contributed by atoms with Crippen LogP contribution in [0.4, 0.5) is 0 Å². The Kier molecular flexibility index (Phi) is 1.88. The van der Waals surface area contributed by atoms with Gasteiger partial charge in [-0.05, 0) is 31.1 Å². The molecule has 3 heteroatoms. The number of carbonyl (C=O) groups is 1. The van der Waals surface area contributed by atoms with Gasteiger partial charge in [0.25, 0.3) is 0 Å². The number of methoxy groups -OCH3 is 1. The molecular weight excluding hydrogens is 166 g/mol. The van der Waals surface area contributed by atoms with Crippen LogP contribution in [0.3, 0.4) is 0 Å². The van der Waals surface area contributed by atoms with Gasteiger partial charge in [-0.2, -0.15) is 0 Å². The van der Waals surface area contributed by atoms with Crippen LogP contribution in [0.5, 0.6) is 0 Å². The normalized spacial score (nSPS) is 35.8. The summed E-state index contributed by atoms with van der Waals surface area (Å²) in [6.45, 7) is 0. The number of nitrogens with two attached hydrogens (primary N) is 1. The average molecular weight is 183 g/mol. The fourth-order valence-corrected chi connectivity index (χ4v) is 2.70. The van der Waals surface area contributed by atoms with Crippen molar-refractivity contribution in [1.29, 1.82) is 0 Å². The van der Waals surface area contributed by atoms with Crippen LogP contribution in [0.15, 0.2) is 0 Å². The van der Waals surface area contributed by atoms with Crippen molar-refractivity contribution in [2.75, 3.05) is 7.11 Å². The molecule has 1 spiro atoms. The Morgan fingerprint density at radius 3 is 2.38 bits per heavy atom. The fourth-order valence-electron chi connectivity index (χ4n) is 2.70. The average Bonchev–Trinajstić information content (AvgIpc) is 2.91. The predicted molar refractivity (Wildman–Crippen MR) is 49.1 cm³/mol. The summed E-state index contributed by atoms with van der Waals surface area (Å²) < 4.78 is 4.80. The number of carbonyl (C=O) groups excluding carboxylic acids is 1. The van der Waals surface area contributed by atoms with Crippen molar-refractivity contribution in [3.8, 4) is 0 Å². The van der Waals surface area contributed by atoms with Crippen LogP contribution in [0.25, 0.3) is 0 Å². The zero-order valence-corrected chi connectivity index (χ0v) is 8.14. The topological polar surface area (TPSA) is 52.3 Å². The summed E-state index contributed by atoms with van der Waals surface area (Å²) >= 11 is 0. The van der Waals surface area contributed by atoms with Crippen LogP contribution in [-0.2, 0) is 9.53 Å². The smallest absolute Gasteiger partial charge is 0.326 e. The van der Waals surface area contributed by atoms with E-state index in [2.05, 4.69) is 0 Å². The molecule has 1 unspecified atom stereocenters. The van der Waals surface area contributed by atoms with Gasteiger partial charge >= 0.3 is 5.97 Å². The molecule has 2 fully saturated rings. The Bertz CT molecular complexity index is 235. The zero-order valence-electron chi connectivity index (χ0n) is 8.14. The van der Waals surface area contributed by atoms with Crippen LogP contribution >= 0.6 is 0 Å². The van der Waals surface area contributed by atoms with Gasteiger partial charge in [0.05, 0.1) is 7.11 Å². The molecule has 2 aliphatic rings. The van der Waals surface area contributed by atoms with E-state index in [4.69, 9.17) is 10.5 Å². The summed E-state index contributed by atoms with van der Waals surface area (Å²) in [7, 11) is 1.43. The van der Waals surface area contributed by atoms with Crippen molar-refractivity contribution in [1.82, 2.24) is 0 Å². The van der Waals surface area contributed by atoms with Gasteiger partial charge in [-0.1, -0.05) is 12.8 Å². The first-order valence-corrected chi connectivity index (χ1v) is 5.02. The van der Waals surface area contributed by atoms with Gasteiger partial charge < -0.3 is 10.5 Å². The molecule has 0 heterocycles. The van der Waals surface area contributed by atoms with E-state index in [0.717, 1.165) is 32.1 Å². The molecule has 74 valence electrons. The summed E-state index contributed by atoms with van der Waals surface area (Å²) in [5.74, 6) is -0.204. The highest BCUT2D eigenvalue weighted by Crippen LogP contribution is 2.60. The van der Waals surface area contributed by atoms with Gasteiger partial charge in [0.15, 0.2) is 0 Å². The first kappa shape index (κ1) is 9.00. The van der Waals surface area contributed by atoms with Crippen molar-refractivity contribution in [3.63, 3.8) is 0 Å². The van der Waals surface area contributed by atoms with Gasteiger partial charge in [0.1, 0.15) is 5.54 Å². The van der Waals surface area contributed by atoms with Crippen molar-refractivity contribution in [2.45, 2.75) is 44.1 Å². The van der Waals surface area contributed by atoms with Crippen LogP contribution in [0.2, 0.25) is 0 Å². The van der Waals surface area contributed by atoms with Crippen molar-refractivity contribution in [2.24, 2.45) is 11.1 Å². The minimum absolute atomic E-state index is 0.109. The molecule has 0 aliphatic heterocycles. The minimum atomic E-state index is -0.667. The number of rotatable bonds is 1. The van der Waals surface area contributed by atoms with E-state index in [9.17, 15) is 4.79 Å². The third kappa shape index (κ3) is 1.10. The van der Waals surface area contributed by atoms with Gasteiger partial charge in [-0.25, -0.2) is 0 Å². The molecule has 1 atom stereocenters. The summed E-state index contributed by atoms with van der Waals surface area (Å²) in [6, 6.07) is 0. The monoisotopic (exact) mass is 183 g/mol. The molecule has 2 aliphatic carbocycles. The Hall–Kier alpha value is -0.570. The third-order valence-corrected chi connectivity index (χ3v) is 3.83. The van der Waals surface area contributed by atoms with Crippen molar-refractivity contribution in [3.05, 3.63) is 0 Å². The second-order valence-electron chi connectivity index (χ2n) is 4.45. The molecule has 0 bridgehead atoms. The fraction of sp³-hybridized carbons (Fsp3) is 0.900. The molecule has 0 radical (unpaired) electrons. The molecule has 2 N–H and O–H groups in total. The highest BCUT2D eigenvalue weighted by molar-refractivity contribution is 5.82. The summed E-state index contributed by atoms with van der Waals surface area (Å²) in [5, 5.41) is 0. The molecule has 0 aromatic carbocycles. The van der Waals surface area contributed by atoms with E-state index in [-0.39, 0.29) is 11.4 Å². The lowest BCUT2D eigenvalue weighted by molar-refractivity contribution is -0.151.